The van der Waals surface area contributed by atoms with E-state index in [0.29, 0.717) is 11.3 Å². The van der Waals surface area contributed by atoms with Crippen LogP contribution in [0.3, 0.4) is 0 Å². The second-order valence-electron chi connectivity index (χ2n) is 4.86. The third-order valence-corrected chi connectivity index (χ3v) is 3.08. The first-order valence-corrected chi connectivity index (χ1v) is 6.35. The molecular formula is C16H18N2O2. The van der Waals surface area contributed by atoms with Crippen LogP contribution in [0.1, 0.15) is 22.3 Å². The Bertz CT molecular complexity index is 664. The van der Waals surface area contributed by atoms with Gasteiger partial charge in [0.2, 0.25) is 0 Å². The van der Waals surface area contributed by atoms with Crippen molar-refractivity contribution in [2.24, 2.45) is 10.9 Å². The summed E-state index contributed by atoms with van der Waals surface area (Å²) >= 11 is 0. The van der Waals surface area contributed by atoms with E-state index in [-0.39, 0.29) is 5.84 Å². The quantitative estimate of drug-likeness (QED) is 0.388. The Hall–Kier alpha value is -2.49. The van der Waals surface area contributed by atoms with E-state index < -0.39 is 0 Å². The molecule has 0 bridgehead atoms. The lowest BCUT2D eigenvalue weighted by atomic mass is 10.1. The molecule has 0 saturated heterocycles. The van der Waals surface area contributed by atoms with Crippen molar-refractivity contribution in [3.8, 4) is 11.5 Å². The Kier molecular flexibility index (Phi) is 3.94. The van der Waals surface area contributed by atoms with Crippen LogP contribution in [0, 0.1) is 20.8 Å². The van der Waals surface area contributed by atoms with Gasteiger partial charge in [-0.05, 0) is 50.1 Å². The summed E-state index contributed by atoms with van der Waals surface area (Å²) in [6.07, 6.45) is 0. The molecule has 2 aromatic carbocycles. The molecule has 0 fully saturated rings. The molecule has 0 aliphatic carbocycles. The summed E-state index contributed by atoms with van der Waals surface area (Å²) in [4.78, 5) is 0. The molecule has 0 heterocycles. The van der Waals surface area contributed by atoms with Gasteiger partial charge in [-0.15, -0.1) is 0 Å². The number of aryl methyl sites for hydroxylation is 3. The van der Waals surface area contributed by atoms with Crippen molar-refractivity contribution in [1.29, 1.82) is 0 Å². The Morgan fingerprint density at radius 2 is 1.65 bits per heavy atom. The predicted octanol–water partition coefficient (Wildman–Crippen LogP) is 3.50. The molecule has 0 aliphatic heterocycles. The number of hydrogen-bond acceptors (Lipinski definition) is 3. The van der Waals surface area contributed by atoms with Crippen LogP contribution < -0.4 is 10.5 Å². The molecule has 0 unspecified atom stereocenters. The summed E-state index contributed by atoms with van der Waals surface area (Å²) in [5.41, 5.74) is 9.44. The van der Waals surface area contributed by atoms with E-state index in [1.807, 2.05) is 57.2 Å². The topological polar surface area (TPSA) is 67.8 Å². The lowest BCUT2D eigenvalue weighted by molar-refractivity contribution is 0.318. The fourth-order valence-corrected chi connectivity index (χ4v) is 1.92. The molecule has 2 rings (SSSR count). The largest absolute Gasteiger partial charge is 0.456 e. The number of nitrogens with two attached hydrogens (primary N) is 1. The van der Waals surface area contributed by atoms with Crippen molar-refractivity contribution >= 4 is 5.84 Å². The van der Waals surface area contributed by atoms with Crippen LogP contribution in [0.5, 0.6) is 11.5 Å². The molecular weight excluding hydrogens is 252 g/mol. The minimum atomic E-state index is 0.0361. The molecule has 0 amide bonds. The van der Waals surface area contributed by atoms with E-state index >= 15 is 0 Å². The van der Waals surface area contributed by atoms with E-state index in [0.717, 1.165) is 22.4 Å². The van der Waals surface area contributed by atoms with Crippen molar-refractivity contribution in [1.82, 2.24) is 0 Å². The summed E-state index contributed by atoms with van der Waals surface area (Å²) in [5, 5.41) is 11.9. The minimum Gasteiger partial charge on any atom is -0.456 e. The van der Waals surface area contributed by atoms with Gasteiger partial charge in [0, 0.05) is 0 Å². The first-order chi connectivity index (χ1) is 9.51. The summed E-state index contributed by atoms with van der Waals surface area (Å²) in [6, 6.07) is 11.6. The fraction of sp³-hybridized carbons (Fsp3) is 0.188. The third-order valence-electron chi connectivity index (χ3n) is 3.08. The minimum absolute atomic E-state index is 0.0361. The van der Waals surface area contributed by atoms with E-state index in [1.165, 1.54) is 0 Å². The van der Waals surface area contributed by atoms with Gasteiger partial charge in [0.1, 0.15) is 11.5 Å². The van der Waals surface area contributed by atoms with Crippen molar-refractivity contribution in [3.63, 3.8) is 0 Å². The van der Waals surface area contributed by atoms with Crippen molar-refractivity contribution in [3.05, 3.63) is 58.7 Å². The molecule has 0 saturated carbocycles. The van der Waals surface area contributed by atoms with E-state index in [2.05, 4.69) is 5.16 Å². The van der Waals surface area contributed by atoms with Crippen LogP contribution in [0.15, 0.2) is 41.6 Å². The second kappa shape index (κ2) is 5.65. The highest BCUT2D eigenvalue weighted by Gasteiger charge is 2.11. The SMILES string of the molecule is Cc1ccc(C)c(Oc2ccc(C)cc2/C(N)=N/O)c1. The highest BCUT2D eigenvalue weighted by atomic mass is 16.5. The van der Waals surface area contributed by atoms with Gasteiger partial charge in [-0.3, -0.25) is 0 Å². The van der Waals surface area contributed by atoms with Crippen LogP contribution in [0.4, 0.5) is 0 Å². The summed E-state index contributed by atoms with van der Waals surface area (Å²) in [5.74, 6) is 1.37. The molecule has 0 aromatic heterocycles. The summed E-state index contributed by atoms with van der Waals surface area (Å²) in [7, 11) is 0. The Morgan fingerprint density at radius 3 is 2.35 bits per heavy atom. The van der Waals surface area contributed by atoms with Gasteiger partial charge in [0.05, 0.1) is 5.56 Å². The Morgan fingerprint density at radius 1 is 1.00 bits per heavy atom. The zero-order chi connectivity index (χ0) is 14.7. The highest BCUT2D eigenvalue weighted by Crippen LogP contribution is 2.29. The van der Waals surface area contributed by atoms with Crippen LogP contribution in [-0.4, -0.2) is 11.0 Å². The number of amidine groups is 1. The van der Waals surface area contributed by atoms with Crippen LogP contribution in [0.25, 0.3) is 0 Å². The average molecular weight is 270 g/mol. The number of rotatable bonds is 3. The number of oxime groups is 1. The van der Waals surface area contributed by atoms with Gasteiger partial charge >= 0.3 is 0 Å². The second-order valence-corrected chi connectivity index (χ2v) is 4.86. The Labute approximate surface area is 118 Å². The molecule has 0 spiro atoms. The highest BCUT2D eigenvalue weighted by molar-refractivity contribution is 5.99. The number of ether oxygens (including phenoxy) is 1. The maximum absolute atomic E-state index is 8.88. The fourth-order valence-electron chi connectivity index (χ4n) is 1.92. The number of benzene rings is 2. The molecule has 0 atom stereocenters. The molecule has 0 aliphatic rings. The maximum atomic E-state index is 8.88. The van der Waals surface area contributed by atoms with Crippen molar-refractivity contribution in [2.45, 2.75) is 20.8 Å². The van der Waals surface area contributed by atoms with Gasteiger partial charge in [-0.1, -0.05) is 28.9 Å². The normalized spacial score (nSPS) is 11.4. The molecule has 0 radical (unpaired) electrons. The lowest BCUT2D eigenvalue weighted by Gasteiger charge is -2.13. The first-order valence-electron chi connectivity index (χ1n) is 6.35. The van der Waals surface area contributed by atoms with E-state index in [4.69, 9.17) is 15.7 Å². The van der Waals surface area contributed by atoms with Gasteiger partial charge in [-0.25, -0.2) is 0 Å². The van der Waals surface area contributed by atoms with Gasteiger partial charge < -0.3 is 15.7 Å². The third kappa shape index (κ3) is 2.91. The summed E-state index contributed by atoms with van der Waals surface area (Å²) in [6.45, 7) is 5.92. The zero-order valence-corrected chi connectivity index (χ0v) is 11.8. The standard InChI is InChI=1S/C16H18N2O2/c1-10-5-7-14(13(8-10)16(17)18-19)20-15-9-11(2)4-6-12(15)3/h4-9,19H,1-3H3,(H2,17,18). The molecule has 20 heavy (non-hydrogen) atoms. The van der Waals surface area contributed by atoms with Gasteiger partial charge in [0.25, 0.3) is 0 Å². The number of nitrogens with zero attached hydrogens (tertiary/aromatic N) is 1. The molecule has 104 valence electrons. The smallest absolute Gasteiger partial charge is 0.173 e. The Balaban J connectivity index is 2.46. The van der Waals surface area contributed by atoms with Crippen LogP contribution in [0.2, 0.25) is 0 Å². The average Bonchev–Trinajstić information content (AvgIpc) is 2.43. The van der Waals surface area contributed by atoms with Crippen LogP contribution in [-0.2, 0) is 0 Å². The molecule has 3 N–H and O–H groups in total. The van der Waals surface area contributed by atoms with Crippen molar-refractivity contribution < 1.29 is 9.94 Å². The lowest BCUT2D eigenvalue weighted by Crippen LogP contribution is -2.14. The maximum Gasteiger partial charge on any atom is 0.173 e. The monoisotopic (exact) mass is 270 g/mol. The van der Waals surface area contributed by atoms with E-state index in [9.17, 15) is 0 Å². The number of hydrogen-bond donors (Lipinski definition) is 2. The van der Waals surface area contributed by atoms with Crippen molar-refractivity contribution in [2.75, 3.05) is 0 Å². The van der Waals surface area contributed by atoms with Gasteiger partial charge in [0.15, 0.2) is 5.84 Å². The molecule has 2 aromatic rings. The van der Waals surface area contributed by atoms with Gasteiger partial charge in [-0.2, -0.15) is 0 Å². The first kappa shape index (κ1) is 13.9. The molecule has 4 nitrogen and oxygen atoms in total. The molecule has 4 heteroatoms. The predicted molar refractivity (Wildman–Crippen MR) is 79.7 cm³/mol. The van der Waals surface area contributed by atoms with E-state index in [1.54, 1.807) is 0 Å². The summed E-state index contributed by atoms with van der Waals surface area (Å²) < 4.78 is 5.93. The zero-order valence-electron chi connectivity index (χ0n) is 11.8. The van der Waals surface area contributed by atoms with Crippen LogP contribution >= 0.6 is 0 Å².